The number of alkyl halides is 3. The van der Waals surface area contributed by atoms with E-state index in [-0.39, 0.29) is 57.1 Å². The number of fused-ring (bicyclic) bond motifs is 1. The second kappa shape index (κ2) is 10.9. The van der Waals surface area contributed by atoms with Gasteiger partial charge in [-0.3, -0.25) is 4.79 Å². The molecule has 4 rings (SSSR count). The SMILES string of the molecule is Cc1ccccc1[C@H]1[C@@H]2CC(CCO)(CCO)C(=O)N2CCN1C(=O)N(C)Cc1cccc(C(F)(F)F)c1. The second-order valence-electron chi connectivity index (χ2n) is 10.3. The molecule has 0 aromatic heterocycles. The normalized spacial score (nSPS) is 21.0. The molecule has 2 fully saturated rings. The first kappa shape index (κ1) is 27.9. The summed E-state index contributed by atoms with van der Waals surface area (Å²) >= 11 is 0. The molecule has 0 bridgehead atoms. The van der Waals surface area contributed by atoms with Gasteiger partial charge in [0.2, 0.25) is 5.91 Å². The number of carbonyl (C=O) groups excluding carboxylic acids is 2. The number of carbonyl (C=O) groups is 2. The van der Waals surface area contributed by atoms with Crippen molar-refractivity contribution >= 4 is 11.9 Å². The van der Waals surface area contributed by atoms with Crippen LogP contribution in [0, 0.1) is 12.3 Å². The molecule has 2 aliphatic heterocycles. The van der Waals surface area contributed by atoms with Crippen LogP contribution in [0.5, 0.6) is 0 Å². The standard InChI is InChI=1S/C28H34F3N3O4/c1-19-6-3-4-9-22(19)24-23-17-27(10-14-35,11-15-36)25(37)33(23)12-13-34(24)26(38)32(2)18-20-7-5-8-21(16-20)28(29,30)31/h3-9,16,23-24,35-36H,10-15,17-18H2,1-2H3/t23-,24-/m0/s1. The van der Waals surface area contributed by atoms with Crippen LogP contribution in [-0.2, 0) is 17.5 Å². The molecule has 2 saturated heterocycles. The average Bonchev–Trinajstić information content (AvgIpc) is 3.15. The van der Waals surface area contributed by atoms with Crippen LogP contribution < -0.4 is 0 Å². The number of halogens is 3. The maximum absolute atomic E-state index is 13.8. The van der Waals surface area contributed by atoms with Crippen molar-refractivity contribution < 1.29 is 33.0 Å². The molecular weight excluding hydrogens is 499 g/mol. The van der Waals surface area contributed by atoms with Gasteiger partial charge >= 0.3 is 12.2 Å². The fourth-order valence-corrected chi connectivity index (χ4v) is 6.05. The van der Waals surface area contributed by atoms with E-state index in [0.29, 0.717) is 18.5 Å². The Hall–Kier alpha value is -3.11. The zero-order chi connectivity index (χ0) is 27.7. The largest absolute Gasteiger partial charge is 0.416 e. The van der Waals surface area contributed by atoms with Gasteiger partial charge in [0.05, 0.1) is 23.1 Å². The molecule has 2 aliphatic rings. The van der Waals surface area contributed by atoms with Crippen LogP contribution >= 0.6 is 0 Å². The van der Waals surface area contributed by atoms with E-state index in [9.17, 15) is 33.0 Å². The van der Waals surface area contributed by atoms with Crippen LogP contribution in [0.1, 0.15) is 47.6 Å². The number of aliphatic hydroxyl groups is 2. The summed E-state index contributed by atoms with van der Waals surface area (Å²) in [4.78, 5) is 32.3. The highest BCUT2D eigenvalue weighted by atomic mass is 19.4. The fourth-order valence-electron chi connectivity index (χ4n) is 6.05. The van der Waals surface area contributed by atoms with Crippen LogP contribution in [-0.4, -0.2) is 76.2 Å². The number of hydrogen-bond donors (Lipinski definition) is 2. The van der Waals surface area contributed by atoms with E-state index >= 15 is 0 Å². The Bertz CT molecular complexity index is 1170. The smallest absolute Gasteiger partial charge is 0.396 e. The van der Waals surface area contributed by atoms with E-state index in [1.165, 1.54) is 11.0 Å². The molecule has 2 aromatic rings. The zero-order valence-electron chi connectivity index (χ0n) is 21.6. The number of piperazine rings is 1. The number of benzene rings is 2. The van der Waals surface area contributed by atoms with Gasteiger partial charge in [-0.15, -0.1) is 0 Å². The Morgan fingerprint density at radius 3 is 2.39 bits per heavy atom. The molecule has 0 saturated carbocycles. The first-order valence-electron chi connectivity index (χ1n) is 12.8. The summed E-state index contributed by atoms with van der Waals surface area (Å²) in [5.74, 6) is -0.117. The second-order valence-corrected chi connectivity index (χ2v) is 10.3. The summed E-state index contributed by atoms with van der Waals surface area (Å²) in [6, 6.07) is 11.4. The predicted molar refractivity (Wildman–Crippen MR) is 135 cm³/mol. The van der Waals surface area contributed by atoms with Gasteiger partial charge in [0, 0.05) is 39.9 Å². The number of rotatable bonds is 7. The topological polar surface area (TPSA) is 84.3 Å². The molecule has 2 atom stereocenters. The van der Waals surface area contributed by atoms with Gasteiger partial charge in [0.15, 0.2) is 0 Å². The van der Waals surface area contributed by atoms with Crippen molar-refractivity contribution in [2.45, 2.75) is 51.0 Å². The highest BCUT2D eigenvalue weighted by molar-refractivity contribution is 5.86. The van der Waals surface area contributed by atoms with Crippen molar-refractivity contribution in [1.29, 1.82) is 0 Å². The van der Waals surface area contributed by atoms with E-state index < -0.39 is 23.2 Å². The molecule has 2 aromatic carbocycles. The number of urea groups is 1. The van der Waals surface area contributed by atoms with E-state index in [4.69, 9.17) is 0 Å². The van der Waals surface area contributed by atoms with Gasteiger partial charge in [-0.05, 0) is 55.0 Å². The van der Waals surface area contributed by atoms with E-state index in [1.54, 1.807) is 22.9 Å². The number of aryl methyl sites for hydroxylation is 1. The summed E-state index contributed by atoms with van der Waals surface area (Å²) in [6.07, 6.45) is -3.64. The molecule has 2 heterocycles. The monoisotopic (exact) mass is 533 g/mol. The van der Waals surface area contributed by atoms with E-state index in [0.717, 1.165) is 23.3 Å². The molecule has 10 heteroatoms. The molecule has 7 nitrogen and oxygen atoms in total. The number of amides is 3. The lowest BCUT2D eigenvalue weighted by Crippen LogP contribution is -2.57. The van der Waals surface area contributed by atoms with Gasteiger partial charge in [0.25, 0.3) is 0 Å². The Kier molecular flexibility index (Phi) is 8.04. The minimum absolute atomic E-state index is 0.00792. The number of hydrogen-bond acceptors (Lipinski definition) is 4. The third kappa shape index (κ3) is 5.24. The third-order valence-electron chi connectivity index (χ3n) is 7.93. The van der Waals surface area contributed by atoms with Crippen molar-refractivity contribution in [2.75, 3.05) is 33.4 Å². The lowest BCUT2D eigenvalue weighted by molar-refractivity contribution is -0.140. The van der Waals surface area contributed by atoms with Crippen molar-refractivity contribution in [3.8, 4) is 0 Å². The predicted octanol–water partition coefficient (Wildman–Crippen LogP) is 3.97. The van der Waals surface area contributed by atoms with E-state index in [2.05, 4.69) is 0 Å². The zero-order valence-corrected chi connectivity index (χ0v) is 21.6. The molecule has 2 N–H and O–H groups in total. The summed E-state index contributed by atoms with van der Waals surface area (Å²) in [5.41, 5.74) is 0.531. The maximum Gasteiger partial charge on any atom is 0.416 e. The van der Waals surface area contributed by atoms with Crippen molar-refractivity contribution in [2.24, 2.45) is 5.41 Å². The van der Waals surface area contributed by atoms with Crippen LogP contribution in [0.25, 0.3) is 0 Å². The first-order valence-corrected chi connectivity index (χ1v) is 12.8. The number of aliphatic hydroxyl groups excluding tert-OH is 2. The molecule has 0 spiro atoms. The third-order valence-corrected chi connectivity index (χ3v) is 7.93. The molecule has 38 heavy (non-hydrogen) atoms. The average molecular weight is 534 g/mol. The van der Waals surface area contributed by atoms with Crippen LogP contribution in [0.15, 0.2) is 48.5 Å². The van der Waals surface area contributed by atoms with Gasteiger partial charge in [-0.1, -0.05) is 36.4 Å². The summed E-state index contributed by atoms with van der Waals surface area (Å²) in [7, 11) is 1.56. The Balaban J connectivity index is 1.66. The van der Waals surface area contributed by atoms with Crippen molar-refractivity contribution in [3.05, 3.63) is 70.8 Å². The van der Waals surface area contributed by atoms with Crippen molar-refractivity contribution in [3.63, 3.8) is 0 Å². The lowest BCUT2D eigenvalue weighted by Gasteiger charge is -2.46. The van der Waals surface area contributed by atoms with Crippen LogP contribution in [0.4, 0.5) is 18.0 Å². The highest BCUT2D eigenvalue weighted by Gasteiger charge is 2.56. The van der Waals surface area contributed by atoms with Crippen LogP contribution in [0.3, 0.4) is 0 Å². The summed E-state index contributed by atoms with van der Waals surface area (Å²) < 4.78 is 39.6. The maximum atomic E-state index is 13.8. The van der Waals surface area contributed by atoms with E-state index in [1.807, 2.05) is 31.2 Å². The van der Waals surface area contributed by atoms with Crippen LogP contribution in [0.2, 0.25) is 0 Å². The first-order chi connectivity index (χ1) is 18.0. The molecule has 3 amide bonds. The minimum Gasteiger partial charge on any atom is -0.396 e. The highest BCUT2D eigenvalue weighted by Crippen LogP contribution is 2.49. The Morgan fingerprint density at radius 2 is 1.76 bits per heavy atom. The van der Waals surface area contributed by atoms with Gasteiger partial charge in [-0.2, -0.15) is 13.2 Å². The molecule has 0 radical (unpaired) electrons. The molecule has 0 unspecified atom stereocenters. The van der Waals surface area contributed by atoms with Crippen molar-refractivity contribution in [1.82, 2.24) is 14.7 Å². The lowest BCUT2D eigenvalue weighted by atomic mass is 9.77. The molecular formula is C28H34F3N3O4. The quantitative estimate of drug-likeness (QED) is 0.564. The molecule has 206 valence electrons. The summed E-state index contributed by atoms with van der Waals surface area (Å²) in [5, 5.41) is 19.5. The Morgan fingerprint density at radius 1 is 1.08 bits per heavy atom. The van der Waals surface area contributed by atoms with Gasteiger partial charge in [0.1, 0.15) is 0 Å². The molecule has 0 aliphatic carbocycles. The fraction of sp³-hybridized carbons (Fsp3) is 0.500. The summed E-state index contributed by atoms with van der Waals surface area (Å²) in [6.45, 7) is 2.10. The van der Waals surface area contributed by atoms with Gasteiger partial charge in [-0.25, -0.2) is 4.79 Å². The Labute approximate surface area is 220 Å². The van der Waals surface area contributed by atoms with Gasteiger partial charge < -0.3 is 24.9 Å². The number of nitrogens with zero attached hydrogens (tertiary/aromatic N) is 3. The minimum atomic E-state index is -4.48.